The number of fused-ring (bicyclic) bond motifs is 2. The second-order valence-corrected chi connectivity index (χ2v) is 6.42. The van der Waals surface area contributed by atoms with Crippen molar-refractivity contribution in [1.82, 2.24) is 15.1 Å². The number of aryl methyl sites for hydroxylation is 2. The van der Waals surface area contributed by atoms with Gasteiger partial charge in [-0.3, -0.25) is 4.68 Å². The Hall–Kier alpha value is -0.350. The Morgan fingerprint density at radius 2 is 2.24 bits per heavy atom. The Morgan fingerprint density at radius 1 is 1.41 bits per heavy atom. The molecule has 0 radical (unpaired) electrons. The van der Waals surface area contributed by atoms with Crippen molar-refractivity contribution in [2.75, 3.05) is 0 Å². The summed E-state index contributed by atoms with van der Waals surface area (Å²) in [6, 6.07) is 0.746. The van der Waals surface area contributed by atoms with Crippen LogP contribution >= 0.6 is 15.9 Å². The van der Waals surface area contributed by atoms with E-state index in [9.17, 15) is 0 Å². The molecular weight excluding hydrogens is 278 g/mol. The molecule has 0 aromatic carbocycles. The van der Waals surface area contributed by atoms with Gasteiger partial charge in [0.25, 0.3) is 0 Å². The van der Waals surface area contributed by atoms with Crippen LogP contribution in [0.2, 0.25) is 0 Å². The van der Waals surface area contributed by atoms with Crippen molar-refractivity contribution in [3.63, 3.8) is 0 Å². The summed E-state index contributed by atoms with van der Waals surface area (Å²) in [6.45, 7) is 2.98. The fraction of sp³-hybridized carbons (Fsp3) is 0.769. The summed E-state index contributed by atoms with van der Waals surface area (Å²) < 4.78 is 3.15. The lowest BCUT2D eigenvalue weighted by Crippen LogP contribution is -2.34. The molecule has 2 fully saturated rings. The second-order valence-electron chi connectivity index (χ2n) is 5.63. The summed E-state index contributed by atoms with van der Waals surface area (Å²) in [6.07, 6.45) is 5.76. The minimum absolute atomic E-state index is 0.746. The molecule has 2 aliphatic carbocycles. The Labute approximate surface area is 111 Å². The van der Waals surface area contributed by atoms with Crippen LogP contribution < -0.4 is 5.32 Å². The van der Waals surface area contributed by atoms with E-state index in [1.807, 2.05) is 18.7 Å². The third-order valence-corrected chi connectivity index (χ3v) is 5.56. The van der Waals surface area contributed by atoms with Crippen molar-refractivity contribution in [2.24, 2.45) is 18.9 Å². The van der Waals surface area contributed by atoms with Gasteiger partial charge in [0.2, 0.25) is 0 Å². The quantitative estimate of drug-likeness (QED) is 0.930. The van der Waals surface area contributed by atoms with Crippen LogP contribution in [0.4, 0.5) is 0 Å². The molecule has 3 rings (SSSR count). The van der Waals surface area contributed by atoms with E-state index in [1.165, 1.54) is 31.4 Å². The van der Waals surface area contributed by atoms with E-state index in [1.54, 1.807) is 0 Å². The number of hydrogen-bond donors (Lipinski definition) is 1. The van der Waals surface area contributed by atoms with E-state index in [0.29, 0.717) is 0 Å². The lowest BCUT2D eigenvalue weighted by Gasteiger charge is -2.23. The fourth-order valence-corrected chi connectivity index (χ4v) is 4.07. The minimum atomic E-state index is 0.746. The molecule has 4 heteroatoms. The number of nitrogens with one attached hydrogen (secondary N) is 1. The van der Waals surface area contributed by atoms with Gasteiger partial charge in [-0.05, 0) is 54.0 Å². The van der Waals surface area contributed by atoms with Crippen LogP contribution in [0.3, 0.4) is 0 Å². The molecule has 2 bridgehead atoms. The highest BCUT2D eigenvalue weighted by atomic mass is 79.9. The molecule has 2 saturated carbocycles. The van der Waals surface area contributed by atoms with Crippen LogP contribution in [-0.2, 0) is 13.6 Å². The highest BCUT2D eigenvalue weighted by Gasteiger charge is 2.39. The number of hydrogen-bond acceptors (Lipinski definition) is 2. The van der Waals surface area contributed by atoms with Crippen molar-refractivity contribution >= 4 is 15.9 Å². The third kappa shape index (κ3) is 2.06. The summed E-state index contributed by atoms with van der Waals surface area (Å²) >= 11 is 3.63. The zero-order valence-electron chi connectivity index (χ0n) is 10.5. The van der Waals surface area contributed by atoms with Crippen LogP contribution in [0, 0.1) is 18.8 Å². The lowest BCUT2D eigenvalue weighted by molar-refractivity contribution is 0.347. The third-order valence-electron chi connectivity index (χ3n) is 4.53. The van der Waals surface area contributed by atoms with E-state index in [2.05, 4.69) is 26.3 Å². The Morgan fingerprint density at radius 3 is 2.76 bits per heavy atom. The number of nitrogens with zero attached hydrogens (tertiary/aromatic N) is 2. The highest BCUT2D eigenvalue weighted by molar-refractivity contribution is 9.10. The maximum Gasteiger partial charge on any atom is 0.0739 e. The second kappa shape index (κ2) is 4.39. The molecule has 1 heterocycles. The summed E-state index contributed by atoms with van der Waals surface area (Å²) in [5.74, 6) is 1.95. The predicted molar refractivity (Wildman–Crippen MR) is 71.7 cm³/mol. The largest absolute Gasteiger partial charge is 0.308 e. The van der Waals surface area contributed by atoms with Gasteiger partial charge in [-0.15, -0.1) is 0 Å². The van der Waals surface area contributed by atoms with Crippen LogP contribution in [0.15, 0.2) is 4.47 Å². The number of rotatable bonds is 3. The first-order chi connectivity index (χ1) is 8.15. The van der Waals surface area contributed by atoms with Gasteiger partial charge in [0.15, 0.2) is 0 Å². The highest BCUT2D eigenvalue weighted by Crippen LogP contribution is 2.44. The maximum absolute atomic E-state index is 4.43. The zero-order chi connectivity index (χ0) is 12.0. The maximum atomic E-state index is 4.43. The van der Waals surface area contributed by atoms with Crippen molar-refractivity contribution in [3.8, 4) is 0 Å². The van der Waals surface area contributed by atoms with Gasteiger partial charge < -0.3 is 5.32 Å². The first-order valence-corrected chi connectivity index (χ1v) is 7.36. The van der Waals surface area contributed by atoms with Crippen LogP contribution in [0.5, 0.6) is 0 Å². The number of halogens is 1. The van der Waals surface area contributed by atoms with Crippen molar-refractivity contribution in [3.05, 3.63) is 15.9 Å². The molecule has 0 spiro atoms. The molecule has 17 heavy (non-hydrogen) atoms. The van der Waals surface area contributed by atoms with E-state index in [0.717, 1.165) is 34.6 Å². The summed E-state index contributed by atoms with van der Waals surface area (Å²) in [5, 5.41) is 8.17. The molecule has 94 valence electrons. The summed E-state index contributed by atoms with van der Waals surface area (Å²) in [7, 11) is 2.02. The van der Waals surface area contributed by atoms with Gasteiger partial charge in [-0.1, -0.05) is 6.42 Å². The summed E-state index contributed by atoms with van der Waals surface area (Å²) in [5.41, 5.74) is 2.35. The van der Waals surface area contributed by atoms with Crippen molar-refractivity contribution in [2.45, 2.75) is 45.2 Å². The molecule has 0 aliphatic heterocycles. The molecule has 0 saturated heterocycles. The lowest BCUT2D eigenvalue weighted by atomic mass is 9.95. The van der Waals surface area contributed by atoms with Gasteiger partial charge in [0.05, 0.1) is 15.9 Å². The molecule has 1 aromatic heterocycles. The molecule has 3 nitrogen and oxygen atoms in total. The zero-order valence-corrected chi connectivity index (χ0v) is 12.1. The Balaban J connectivity index is 1.64. The molecule has 3 atom stereocenters. The smallest absolute Gasteiger partial charge is 0.0739 e. The van der Waals surface area contributed by atoms with Crippen LogP contribution in [-0.4, -0.2) is 15.8 Å². The molecule has 3 unspecified atom stereocenters. The van der Waals surface area contributed by atoms with Crippen LogP contribution in [0.25, 0.3) is 0 Å². The van der Waals surface area contributed by atoms with Gasteiger partial charge in [0.1, 0.15) is 0 Å². The first kappa shape index (κ1) is 11.7. The van der Waals surface area contributed by atoms with Crippen molar-refractivity contribution in [1.29, 1.82) is 0 Å². The Bertz CT molecular complexity index is 427. The SMILES string of the molecule is Cc1nn(C)c(CNC2CC3CCC2C3)c1Br. The van der Waals surface area contributed by atoms with E-state index in [-0.39, 0.29) is 0 Å². The van der Waals surface area contributed by atoms with Gasteiger partial charge >= 0.3 is 0 Å². The molecule has 2 aliphatic rings. The van der Waals surface area contributed by atoms with E-state index in [4.69, 9.17) is 0 Å². The molecule has 0 amide bonds. The molecule has 1 N–H and O–H groups in total. The van der Waals surface area contributed by atoms with Gasteiger partial charge in [0, 0.05) is 19.6 Å². The minimum Gasteiger partial charge on any atom is -0.308 e. The van der Waals surface area contributed by atoms with E-state index < -0.39 is 0 Å². The average molecular weight is 298 g/mol. The van der Waals surface area contributed by atoms with Crippen LogP contribution in [0.1, 0.15) is 37.1 Å². The predicted octanol–water partition coefficient (Wildman–Crippen LogP) is 2.77. The average Bonchev–Trinajstić information content (AvgIpc) is 2.95. The van der Waals surface area contributed by atoms with Crippen molar-refractivity contribution < 1.29 is 0 Å². The molecular formula is C13H20BrN3. The fourth-order valence-electron chi connectivity index (χ4n) is 3.59. The normalized spacial score (nSPS) is 31.4. The Kier molecular flexibility index (Phi) is 3.03. The topological polar surface area (TPSA) is 29.9 Å². The van der Waals surface area contributed by atoms with Gasteiger partial charge in [-0.2, -0.15) is 5.10 Å². The first-order valence-electron chi connectivity index (χ1n) is 6.56. The monoisotopic (exact) mass is 297 g/mol. The van der Waals surface area contributed by atoms with E-state index >= 15 is 0 Å². The molecule has 1 aromatic rings. The van der Waals surface area contributed by atoms with Gasteiger partial charge in [-0.25, -0.2) is 0 Å². The number of aromatic nitrogens is 2. The standard InChI is InChI=1S/C13H20BrN3/c1-8-13(14)12(17(2)16-8)7-15-11-6-9-3-4-10(11)5-9/h9-11,15H,3-7H2,1-2H3. The summed E-state index contributed by atoms with van der Waals surface area (Å²) in [4.78, 5) is 0.